The van der Waals surface area contributed by atoms with Gasteiger partial charge in [0.25, 0.3) is 5.91 Å². The number of carbonyl (C=O) groups is 3. The minimum Gasteiger partial charge on any atom is -0.481 e. The van der Waals surface area contributed by atoms with Gasteiger partial charge in [0.15, 0.2) is 0 Å². The molecule has 148 valence electrons. The number of carbonyl (C=O) groups excluding carboxylic acids is 2. The third-order valence-corrected chi connectivity index (χ3v) is 5.46. The van der Waals surface area contributed by atoms with Gasteiger partial charge in [0.1, 0.15) is 0 Å². The van der Waals surface area contributed by atoms with Gasteiger partial charge in [-0.1, -0.05) is 27.2 Å². The monoisotopic (exact) mass is 374 g/mol. The quantitative estimate of drug-likeness (QED) is 0.763. The van der Waals surface area contributed by atoms with Crippen LogP contribution < -0.4 is 5.32 Å². The lowest BCUT2D eigenvalue weighted by atomic mass is 9.90. The van der Waals surface area contributed by atoms with Crippen LogP contribution in [-0.4, -0.2) is 40.9 Å². The summed E-state index contributed by atoms with van der Waals surface area (Å²) in [5, 5.41) is 11.9. The van der Waals surface area contributed by atoms with Crippen molar-refractivity contribution in [3.63, 3.8) is 0 Å². The molecule has 1 heterocycles. The molecule has 0 radical (unpaired) electrons. The minimum absolute atomic E-state index is 0.00892. The van der Waals surface area contributed by atoms with Crippen LogP contribution in [-0.2, 0) is 9.59 Å². The van der Waals surface area contributed by atoms with Crippen molar-refractivity contribution in [3.05, 3.63) is 29.8 Å². The van der Waals surface area contributed by atoms with Crippen LogP contribution in [0, 0.1) is 17.8 Å². The van der Waals surface area contributed by atoms with E-state index in [1.165, 1.54) is 0 Å². The molecule has 2 rings (SSSR count). The molecular formula is C21H30N2O4. The molecule has 27 heavy (non-hydrogen) atoms. The molecule has 1 unspecified atom stereocenters. The number of carboxylic acid groups (broad SMARTS) is 1. The van der Waals surface area contributed by atoms with E-state index >= 15 is 0 Å². The molecule has 1 saturated heterocycles. The molecule has 1 atom stereocenters. The lowest BCUT2D eigenvalue weighted by molar-refractivity contribution is -0.143. The summed E-state index contributed by atoms with van der Waals surface area (Å²) >= 11 is 0. The van der Waals surface area contributed by atoms with Gasteiger partial charge in [-0.2, -0.15) is 0 Å². The van der Waals surface area contributed by atoms with Gasteiger partial charge in [-0.25, -0.2) is 0 Å². The second-order valence-corrected chi connectivity index (χ2v) is 7.65. The predicted molar refractivity (Wildman–Crippen MR) is 105 cm³/mol. The van der Waals surface area contributed by atoms with Crippen LogP contribution in [0.15, 0.2) is 24.3 Å². The van der Waals surface area contributed by atoms with E-state index in [1.807, 2.05) is 0 Å². The number of nitrogens with one attached hydrogen (secondary N) is 1. The van der Waals surface area contributed by atoms with E-state index in [2.05, 4.69) is 26.1 Å². The highest BCUT2D eigenvalue weighted by Crippen LogP contribution is 2.21. The zero-order valence-electron chi connectivity index (χ0n) is 16.4. The summed E-state index contributed by atoms with van der Waals surface area (Å²) in [5.74, 6) is -0.423. The van der Waals surface area contributed by atoms with Crippen molar-refractivity contribution in [2.24, 2.45) is 17.8 Å². The molecule has 1 fully saturated rings. The number of hydrogen-bond acceptors (Lipinski definition) is 3. The van der Waals surface area contributed by atoms with E-state index in [-0.39, 0.29) is 17.7 Å². The summed E-state index contributed by atoms with van der Waals surface area (Å²) in [7, 11) is 0. The molecule has 6 heteroatoms. The number of likely N-dealkylation sites (tertiary alicyclic amines) is 1. The second-order valence-electron chi connectivity index (χ2n) is 7.65. The Morgan fingerprint density at radius 3 is 2.22 bits per heavy atom. The Balaban J connectivity index is 1.90. The molecule has 1 aliphatic rings. The lowest BCUT2D eigenvalue weighted by Crippen LogP contribution is -2.40. The maximum atomic E-state index is 12.6. The van der Waals surface area contributed by atoms with E-state index in [1.54, 1.807) is 29.2 Å². The summed E-state index contributed by atoms with van der Waals surface area (Å²) in [5.41, 5.74) is 1.23. The Labute approximate surface area is 160 Å². The Morgan fingerprint density at radius 1 is 1.15 bits per heavy atom. The molecule has 0 bridgehead atoms. The maximum absolute atomic E-state index is 12.6. The van der Waals surface area contributed by atoms with Crippen LogP contribution in [0.25, 0.3) is 0 Å². The molecule has 0 spiro atoms. The fraction of sp³-hybridized carbons (Fsp3) is 0.571. The van der Waals surface area contributed by atoms with Crippen LogP contribution in [0.2, 0.25) is 0 Å². The molecule has 0 aliphatic carbocycles. The molecular weight excluding hydrogens is 344 g/mol. The fourth-order valence-electron chi connectivity index (χ4n) is 3.51. The van der Waals surface area contributed by atoms with Crippen molar-refractivity contribution in [1.29, 1.82) is 0 Å². The van der Waals surface area contributed by atoms with Crippen molar-refractivity contribution in [2.45, 2.75) is 46.5 Å². The van der Waals surface area contributed by atoms with Crippen LogP contribution in [0.3, 0.4) is 0 Å². The highest BCUT2D eigenvalue weighted by atomic mass is 16.4. The largest absolute Gasteiger partial charge is 0.481 e. The van der Waals surface area contributed by atoms with Crippen LogP contribution in [0.1, 0.15) is 56.8 Å². The number of anilines is 1. The molecule has 1 aliphatic heterocycles. The average Bonchev–Trinajstić information content (AvgIpc) is 2.66. The number of amides is 2. The Kier molecular flexibility index (Phi) is 7.39. The minimum atomic E-state index is -0.787. The van der Waals surface area contributed by atoms with Gasteiger partial charge in [-0.15, -0.1) is 0 Å². The highest BCUT2D eigenvalue weighted by Gasteiger charge is 2.27. The number of carboxylic acids is 1. The van der Waals surface area contributed by atoms with Gasteiger partial charge < -0.3 is 15.3 Å². The zero-order valence-corrected chi connectivity index (χ0v) is 16.4. The normalized spacial score (nSPS) is 16.2. The first kappa shape index (κ1) is 20.9. The summed E-state index contributed by atoms with van der Waals surface area (Å²) in [6.07, 6.45) is 2.44. The van der Waals surface area contributed by atoms with E-state index in [4.69, 9.17) is 5.11 Å². The van der Waals surface area contributed by atoms with E-state index in [0.717, 1.165) is 6.42 Å². The van der Waals surface area contributed by atoms with Gasteiger partial charge in [-0.3, -0.25) is 14.4 Å². The van der Waals surface area contributed by atoms with Crippen LogP contribution in [0.4, 0.5) is 5.69 Å². The fourth-order valence-corrected chi connectivity index (χ4v) is 3.51. The molecule has 1 aromatic rings. The Hall–Kier alpha value is -2.37. The first-order chi connectivity index (χ1) is 12.8. The summed E-state index contributed by atoms with van der Waals surface area (Å²) in [4.78, 5) is 37.5. The molecule has 0 aromatic heterocycles. The van der Waals surface area contributed by atoms with E-state index < -0.39 is 5.97 Å². The third-order valence-electron chi connectivity index (χ3n) is 5.46. The summed E-state index contributed by atoms with van der Waals surface area (Å²) in [6.45, 7) is 7.27. The van der Waals surface area contributed by atoms with E-state index in [0.29, 0.717) is 55.4 Å². The standard InChI is InChI=1S/C21H30N2O4/c1-4-15(14(2)3)13-19(24)22-18-7-5-16(6-8-18)20(25)23-11-9-17(10-12-23)21(26)27/h5-8,14-15,17H,4,9-13H2,1-3H3,(H,22,24)(H,26,27). The number of rotatable bonds is 7. The topological polar surface area (TPSA) is 86.7 Å². The zero-order chi connectivity index (χ0) is 20.0. The first-order valence-corrected chi connectivity index (χ1v) is 9.73. The first-order valence-electron chi connectivity index (χ1n) is 9.73. The lowest BCUT2D eigenvalue weighted by Gasteiger charge is -2.30. The van der Waals surface area contributed by atoms with Crippen molar-refractivity contribution in [2.75, 3.05) is 18.4 Å². The summed E-state index contributed by atoms with van der Waals surface area (Å²) in [6, 6.07) is 6.90. The number of hydrogen-bond donors (Lipinski definition) is 2. The molecule has 6 nitrogen and oxygen atoms in total. The average molecular weight is 374 g/mol. The third kappa shape index (κ3) is 5.81. The second kappa shape index (κ2) is 9.53. The maximum Gasteiger partial charge on any atom is 0.306 e. The SMILES string of the molecule is CCC(CC(=O)Nc1ccc(C(=O)N2CCC(C(=O)O)CC2)cc1)C(C)C. The van der Waals surface area contributed by atoms with Gasteiger partial charge in [0.2, 0.25) is 5.91 Å². The Bertz CT molecular complexity index is 661. The molecule has 2 N–H and O–H groups in total. The van der Waals surface area contributed by atoms with Crippen molar-refractivity contribution >= 4 is 23.5 Å². The molecule has 2 amide bonds. The van der Waals surface area contributed by atoms with E-state index in [9.17, 15) is 14.4 Å². The smallest absolute Gasteiger partial charge is 0.306 e. The van der Waals surface area contributed by atoms with Crippen molar-refractivity contribution in [1.82, 2.24) is 4.90 Å². The van der Waals surface area contributed by atoms with Crippen LogP contribution in [0.5, 0.6) is 0 Å². The number of nitrogens with zero attached hydrogens (tertiary/aromatic N) is 1. The number of piperidine rings is 1. The number of aliphatic carboxylic acids is 1. The summed E-state index contributed by atoms with van der Waals surface area (Å²) < 4.78 is 0. The molecule has 1 aromatic carbocycles. The van der Waals surface area contributed by atoms with Gasteiger partial charge in [0.05, 0.1) is 5.92 Å². The van der Waals surface area contributed by atoms with Gasteiger partial charge >= 0.3 is 5.97 Å². The van der Waals surface area contributed by atoms with Gasteiger partial charge in [0, 0.05) is 30.8 Å². The Morgan fingerprint density at radius 2 is 1.74 bits per heavy atom. The van der Waals surface area contributed by atoms with Crippen LogP contribution >= 0.6 is 0 Å². The van der Waals surface area contributed by atoms with Crippen molar-refractivity contribution < 1.29 is 19.5 Å². The van der Waals surface area contributed by atoms with Crippen molar-refractivity contribution in [3.8, 4) is 0 Å². The number of benzene rings is 1. The predicted octanol–water partition coefficient (Wildman–Crippen LogP) is 3.63. The van der Waals surface area contributed by atoms with Gasteiger partial charge in [-0.05, 0) is 48.9 Å². The molecule has 0 saturated carbocycles. The highest BCUT2D eigenvalue weighted by molar-refractivity contribution is 5.96.